The summed E-state index contributed by atoms with van der Waals surface area (Å²) < 4.78 is 0. The van der Waals surface area contributed by atoms with Crippen LogP contribution in [0.2, 0.25) is 0 Å². The molecule has 0 radical (unpaired) electrons. The lowest BCUT2D eigenvalue weighted by Crippen LogP contribution is -2.35. The molecule has 0 spiro atoms. The van der Waals surface area contributed by atoms with Crippen LogP contribution < -0.4 is 0 Å². The standard InChI is InChI=1S/C11H14O3/c1-2-8-11(14,10(12)13)9-6-4-3-5-7-9/h3-7,14H,2,8H2,1H3,(H,12,13). The largest absolute Gasteiger partial charge is 0.479 e. The lowest BCUT2D eigenvalue weighted by atomic mass is 9.89. The summed E-state index contributed by atoms with van der Waals surface area (Å²) in [6, 6.07) is 8.49. The second kappa shape index (κ2) is 4.24. The van der Waals surface area contributed by atoms with Crippen molar-refractivity contribution in [3.63, 3.8) is 0 Å². The highest BCUT2D eigenvalue weighted by molar-refractivity contribution is 5.79. The van der Waals surface area contributed by atoms with Crippen LogP contribution in [0.15, 0.2) is 30.3 Å². The first-order chi connectivity index (χ1) is 6.61. The second-order valence-corrected chi connectivity index (χ2v) is 3.28. The Labute approximate surface area is 83.0 Å². The molecule has 1 aromatic carbocycles. The summed E-state index contributed by atoms with van der Waals surface area (Å²) in [6.07, 6.45) is 0.851. The van der Waals surface area contributed by atoms with Gasteiger partial charge in [-0.05, 0) is 12.0 Å². The number of carbonyl (C=O) groups is 1. The number of benzene rings is 1. The maximum absolute atomic E-state index is 11.0. The van der Waals surface area contributed by atoms with Crippen LogP contribution in [-0.4, -0.2) is 16.2 Å². The van der Waals surface area contributed by atoms with E-state index in [1.54, 1.807) is 30.3 Å². The molecule has 14 heavy (non-hydrogen) atoms. The highest BCUT2D eigenvalue weighted by Crippen LogP contribution is 2.26. The molecule has 1 atom stereocenters. The topological polar surface area (TPSA) is 57.5 Å². The molecule has 0 aliphatic heterocycles. The lowest BCUT2D eigenvalue weighted by molar-refractivity contribution is -0.160. The number of rotatable bonds is 4. The zero-order valence-corrected chi connectivity index (χ0v) is 8.10. The Balaban J connectivity index is 3.06. The highest BCUT2D eigenvalue weighted by Gasteiger charge is 2.36. The van der Waals surface area contributed by atoms with Crippen molar-refractivity contribution in [2.24, 2.45) is 0 Å². The van der Waals surface area contributed by atoms with E-state index in [2.05, 4.69) is 0 Å². The maximum Gasteiger partial charge on any atom is 0.340 e. The van der Waals surface area contributed by atoms with Gasteiger partial charge < -0.3 is 10.2 Å². The summed E-state index contributed by atoms with van der Waals surface area (Å²) in [5.74, 6) is -1.19. The Morgan fingerprint density at radius 1 is 1.36 bits per heavy atom. The average molecular weight is 194 g/mol. The summed E-state index contributed by atoms with van der Waals surface area (Å²) in [7, 11) is 0. The third kappa shape index (κ3) is 1.93. The Morgan fingerprint density at radius 2 is 1.93 bits per heavy atom. The smallest absolute Gasteiger partial charge is 0.340 e. The molecule has 0 aliphatic carbocycles. The molecule has 0 saturated heterocycles. The monoisotopic (exact) mass is 194 g/mol. The molecule has 0 aliphatic rings. The molecule has 3 nitrogen and oxygen atoms in total. The van der Waals surface area contributed by atoms with Crippen molar-refractivity contribution in [1.82, 2.24) is 0 Å². The van der Waals surface area contributed by atoms with Gasteiger partial charge in [0.05, 0.1) is 0 Å². The maximum atomic E-state index is 11.0. The van der Waals surface area contributed by atoms with Gasteiger partial charge in [0.15, 0.2) is 5.60 Å². The van der Waals surface area contributed by atoms with Gasteiger partial charge in [-0.25, -0.2) is 4.79 Å². The first-order valence-electron chi connectivity index (χ1n) is 4.62. The van der Waals surface area contributed by atoms with Crippen LogP contribution >= 0.6 is 0 Å². The number of aliphatic carboxylic acids is 1. The van der Waals surface area contributed by atoms with Crippen LogP contribution in [0.5, 0.6) is 0 Å². The van der Waals surface area contributed by atoms with Crippen molar-refractivity contribution in [2.45, 2.75) is 25.4 Å². The fraction of sp³-hybridized carbons (Fsp3) is 0.364. The zero-order chi connectivity index (χ0) is 10.6. The summed E-state index contributed by atoms with van der Waals surface area (Å²) in [6.45, 7) is 1.84. The molecule has 0 saturated carbocycles. The van der Waals surface area contributed by atoms with Gasteiger partial charge in [0.25, 0.3) is 0 Å². The molecule has 3 heteroatoms. The molecule has 0 aromatic heterocycles. The third-order valence-electron chi connectivity index (χ3n) is 2.22. The fourth-order valence-electron chi connectivity index (χ4n) is 1.45. The van der Waals surface area contributed by atoms with E-state index in [4.69, 9.17) is 5.11 Å². The summed E-state index contributed by atoms with van der Waals surface area (Å²) >= 11 is 0. The fourth-order valence-corrected chi connectivity index (χ4v) is 1.45. The molecule has 0 amide bonds. The Kier molecular flexibility index (Phi) is 3.25. The summed E-state index contributed by atoms with van der Waals surface area (Å²) in [5, 5.41) is 18.9. The molecule has 1 aromatic rings. The van der Waals surface area contributed by atoms with Crippen molar-refractivity contribution in [1.29, 1.82) is 0 Å². The molecule has 1 rings (SSSR count). The molecular weight excluding hydrogens is 180 g/mol. The molecule has 1 unspecified atom stereocenters. The van der Waals surface area contributed by atoms with Crippen LogP contribution in [0.1, 0.15) is 25.3 Å². The average Bonchev–Trinajstić information content (AvgIpc) is 2.19. The molecule has 0 fully saturated rings. The van der Waals surface area contributed by atoms with Gasteiger partial charge in [-0.3, -0.25) is 0 Å². The van der Waals surface area contributed by atoms with Crippen LogP contribution in [0.4, 0.5) is 0 Å². The Morgan fingerprint density at radius 3 is 2.36 bits per heavy atom. The lowest BCUT2D eigenvalue weighted by Gasteiger charge is -2.23. The van der Waals surface area contributed by atoms with Gasteiger partial charge in [0.1, 0.15) is 0 Å². The molecular formula is C11H14O3. The van der Waals surface area contributed by atoms with Crippen LogP contribution in [-0.2, 0) is 10.4 Å². The number of carboxylic acids is 1. The molecule has 0 bridgehead atoms. The number of hydrogen-bond donors (Lipinski definition) is 2. The van der Waals surface area contributed by atoms with Gasteiger partial charge in [0.2, 0.25) is 0 Å². The van der Waals surface area contributed by atoms with Crippen molar-refractivity contribution in [2.75, 3.05) is 0 Å². The summed E-state index contributed by atoms with van der Waals surface area (Å²) in [4.78, 5) is 11.0. The van der Waals surface area contributed by atoms with Gasteiger partial charge in [-0.15, -0.1) is 0 Å². The number of carboxylic acid groups (broad SMARTS) is 1. The van der Waals surface area contributed by atoms with Crippen LogP contribution in [0, 0.1) is 0 Å². The molecule has 76 valence electrons. The minimum atomic E-state index is -1.74. The van der Waals surface area contributed by atoms with E-state index in [1.165, 1.54) is 0 Å². The minimum Gasteiger partial charge on any atom is -0.479 e. The predicted octanol–water partition coefficient (Wildman–Crippen LogP) is 1.76. The van der Waals surface area contributed by atoms with Crippen LogP contribution in [0.25, 0.3) is 0 Å². The second-order valence-electron chi connectivity index (χ2n) is 3.28. The van der Waals surface area contributed by atoms with E-state index < -0.39 is 11.6 Å². The SMILES string of the molecule is CCCC(O)(C(=O)O)c1ccccc1. The van der Waals surface area contributed by atoms with E-state index in [1.807, 2.05) is 6.92 Å². The minimum absolute atomic E-state index is 0.229. The highest BCUT2D eigenvalue weighted by atomic mass is 16.4. The van der Waals surface area contributed by atoms with Crippen LogP contribution in [0.3, 0.4) is 0 Å². The van der Waals surface area contributed by atoms with Crippen molar-refractivity contribution in [3.8, 4) is 0 Å². The van der Waals surface area contributed by atoms with Crippen molar-refractivity contribution >= 4 is 5.97 Å². The summed E-state index contributed by atoms with van der Waals surface area (Å²) in [5.41, 5.74) is -1.30. The van der Waals surface area contributed by atoms with E-state index in [-0.39, 0.29) is 6.42 Å². The van der Waals surface area contributed by atoms with Gasteiger partial charge in [-0.1, -0.05) is 43.7 Å². The zero-order valence-electron chi connectivity index (χ0n) is 8.10. The molecule has 2 N–H and O–H groups in total. The normalized spacial score (nSPS) is 14.7. The van der Waals surface area contributed by atoms with Crippen molar-refractivity contribution < 1.29 is 15.0 Å². The Bertz CT molecular complexity index is 308. The van der Waals surface area contributed by atoms with Crippen molar-refractivity contribution in [3.05, 3.63) is 35.9 Å². The van der Waals surface area contributed by atoms with E-state index in [0.717, 1.165) is 0 Å². The Hall–Kier alpha value is -1.35. The first-order valence-corrected chi connectivity index (χ1v) is 4.62. The number of aliphatic hydroxyl groups is 1. The van der Waals surface area contributed by atoms with Gasteiger partial charge >= 0.3 is 5.97 Å². The number of hydrogen-bond acceptors (Lipinski definition) is 2. The van der Waals surface area contributed by atoms with E-state index in [0.29, 0.717) is 12.0 Å². The van der Waals surface area contributed by atoms with Gasteiger partial charge in [-0.2, -0.15) is 0 Å². The molecule has 0 heterocycles. The van der Waals surface area contributed by atoms with Gasteiger partial charge in [0, 0.05) is 0 Å². The quantitative estimate of drug-likeness (QED) is 0.767. The first kappa shape index (κ1) is 10.7. The van der Waals surface area contributed by atoms with E-state index >= 15 is 0 Å². The third-order valence-corrected chi connectivity index (χ3v) is 2.22. The van der Waals surface area contributed by atoms with E-state index in [9.17, 15) is 9.90 Å². The predicted molar refractivity (Wildman–Crippen MR) is 52.9 cm³/mol.